The van der Waals surface area contributed by atoms with Gasteiger partial charge in [0.15, 0.2) is 5.82 Å². The SMILES string of the molecule is CCCc1nc2[nH]c(=O)cc(NC(=O)c3ccc(C(C)(C)C)cc3)n2n1. The molecule has 0 radical (unpaired) electrons. The molecule has 0 bridgehead atoms. The minimum Gasteiger partial charge on any atom is -0.306 e. The molecule has 1 amide bonds. The molecule has 136 valence electrons. The Balaban J connectivity index is 1.90. The number of hydrogen-bond donors (Lipinski definition) is 2. The van der Waals surface area contributed by atoms with Gasteiger partial charge in [0.2, 0.25) is 5.78 Å². The first kappa shape index (κ1) is 17.8. The Bertz CT molecular complexity index is 993. The molecule has 1 aromatic carbocycles. The molecule has 0 fully saturated rings. The van der Waals surface area contributed by atoms with E-state index in [1.54, 1.807) is 12.1 Å². The maximum absolute atomic E-state index is 12.6. The lowest BCUT2D eigenvalue weighted by Crippen LogP contribution is -2.19. The van der Waals surface area contributed by atoms with E-state index in [4.69, 9.17) is 0 Å². The fourth-order valence-electron chi connectivity index (χ4n) is 2.66. The summed E-state index contributed by atoms with van der Waals surface area (Å²) in [6, 6.07) is 8.75. The number of fused-ring (bicyclic) bond motifs is 1. The highest BCUT2D eigenvalue weighted by molar-refractivity contribution is 6.03. The number of nitrogens with zero attached hydrogens (tertiary/aromatic N) is 3. The van der Waals surface area contributed by atoms with Gasteiger partial charge in [-0.2, -0.15) is 9.50 Å². The average molecular weight is 353 g/mol. The predicted octanol–water partition coefficient (Wildman–Crippen LogP) is 2.92. The van der Waals surface area contributed by atoms with Crippen molar-refractivity contribution < 1.29 is 4.79 Å². The predicted molar refractivity (Wildman–Crippen MR) is 101 cm³/mol. The van der Waals surface area contributed by atoms with Crippen LogP contribution >= 0.6 is 0 Å². The maximum atomic E-state index is 12.6. The van der Waals surface area contributed by atoms with E-state index in [0.717, 1.165) is 12.0 Å². The van der Waals surface area contributed by atoms with Crippen molar-refractivity contribution in [2.75, 3.05) is 5.32 Å². The number of hydrogen-bond acceptors (Lipinski definition) is 4. The van der Waals surface area contributed by atoms with Crippen LogP contribution in [0.4, 0.5) is 5.82 Å². The minimum absolute atomic E-state index is 0.0182. The fourth-order valence-corrected chi connectivity index (χ4v) is 2.66. The number of aromatic amines is 1. The summed E-state index contributed by atoms with van der Waals surface area (Å²) < 4.78 is 1.45. The summed E-state index contributed by atoms with van der Waals surface area (Å²) in [6.07, 6.45) is 1.59. The summed E-state index contributed by atoms with van der Waals surface area (Å²) in [6.45, 7) is 8.38. The second-order valence-corrected chi connectivity index (χ2v) is 7.31. The van der Waals surface area contributed by atoms with E-state index in [1.807, 2.05) is 19.1 Å². The average Bonchev–Trinajstić information content (AvgIpc) is 2.97. The largest absolute Gasteiger partial charge is 0.306 e. The number of aryl methyl sites for hydroxylation is 1. The van der Waals surface area contributed by atoms with Crippen molar-refractivity contribution in [3.63, 3.8) is 0 Å². The zero-order chi connectivity index (χ0) is 18.9. The molecule has 0 aliphatic carbocycles. The van der Waals surface area contributed by atoms with Crippen molar-refractivity contribution >= 4 is 17.5 Å². The van der Waals surface area contributed by atoms with E-state index >= 15 is 0 Å². The molecule has 7 heteroatoms. The summed E-state index contributed by atoms with van der Waals surface area (Å²) in [5.41, 5.74) is 1.34. The lowest BCUT2D eigenvalue weighted by molar-refractivity contribution is 0.102. The van der Waals surface area contributed by atoms with Crippen molar-refractivity contribution in [2.45, 2.75) is 46.0 Å². The van der Waals surface area contributed by atoms with E-state index < -0.39 is 0 Å². The highest BCUT2D eigenvalue weighted by Crippen LogP contribution is 2.22. The molecule has 0 unspecified atom stereocenters. The van der Waals surface area contributed by atoms with Gasteiger partial charge >= 0.3 is 0 Å². The number of rotatable bonds is 4. The minimum atomic E-state index is -0.341. The third-order valence-corrected chi connectivity index (χ3v) is 4.11. The monoisotopic (exact) mass is 353 g/mol. The topological polar surface area (TPSA) is 92.1 Å². The summed E-state index contributed by atoms with van der Waals surface area (Å²) >= 11 is 0. The Labute approximate surface area is 151 Å². The van der Waals surface area contributed by atoms with Crippen LogP contribution in [0.2, 0.25) is 0 Å². The van der Waals surface area contributed by atoms with Crippen LogP contribution in [0.15, 0.2) is 35.1 Å². The first-order valence-corrected chi connectivity index (χ1v) is 8.69. The standard InChI is InChI=1S/C19H23N5O2/c1-5-6-14-20-18-22-16(25)11-15(24(18)23-14)21-17(26)12-7-9-13(10-8-12)19(2,3)4/h7-11H,5-6H2,1-4H3,(H,21,26)(H,20,22,23,25). The second kappa shape index (κ2) is 6.74. The van der Waals surface area contributed by atoms with Gasteiger partial charge in [0.05, 0.1) is 0 Å². The molecule has 2 aromatic heterocycles. The first-order chi connectivity index (χ1) is 12.3. The Hall–Kier alpha value is -2.96. The smallest absolute Gasteiger partial charge is 0.256 e. The van der Waals surface area contributed by atoms with Crippen molar-refractivity contribution in [1.82, 2.24) is 19.6 Å². The summed E-state index contributed by atoms with van der Waals surface area (Å²) in [5, 5.41) is 7.11. The van der Waals surface area contributed by atoms with Crippen LogP contribution in [0.3, 0.4) is 0 Å². The van der Waals surface area contributed by atoms with Gasteiger partial charge in [-0.3, -0.25) is 14.6 Å². The first-order valence-electron chi connectivity index (χ1n) is 8.69. The summed E-state index contributed by atoms with van der Waals surface area (Å²) in [7, 11) is 0. The van der Waals surface area contributed by atoms with E-state index in [2.05, 4.69) is 41.2 Å². The van der Waals surface area contributed by atoms with E-state index in [-0.39, 0.29) is 16.9 Å². The third-order valence-electron chi connectivity index (χ3n) is 4.11. The van der Waals surface area contributed by atoms with E-state index in [0.29, 0.717) is 29.4 Å². The number of amides is 1. The van der Waals surface area contributed by atoms with Crippen LogP contribution in [-0.4, -0.2) is 25.5 Å². The summed E-state index contributed by atoms with van der Waals surface area (Å²) in [4.78, 5) is 31.4. The molecule has 2 N–H and O–H groups in total. The number of carbonyl (C=O) groups excluding carboxylic acids is 1. The van der Waals surface area contributed by atoms with E-state index in [9.17, 15) is 9.59 Å². The normalized spacial score (nSPS) is 11.7. The van der Waals surface area contributed by atoms with Crippen LogP contribution < -0.4 is 10.9 Å². The van der Waals surface area contributed by atoms with Crippen LogP contribution in [0.1, 0.15) is 55.9 Å². The van der Waals surface area contributed by atoms with Gasteiger partial charge in [0.1, 0.15) is 5.82 Å². The van der Waals surface area contributed by atoms with Crippen LogP contribution in [0.5, 0.6) is 0 Å². The Kier molecular flexibility index (Phi) is 4.63. The second-order valence-electron chi connectivity index (χ2n) is 7.31. The molecule has 0 saturated heterocycles. The number of aromatic nitrogens is 4. The molecule has 26 heavy (non-hydrogen) atoms. The molecule has 0 saturated carbocycles. The number of benzene rings is 1. The molecule has 3 rings (SSSR count). The molecular weight excluding hydrogens is 330 g/mol. The number of anilines is 1. The van der Waals surface area contributed by atoms with Crippen LogP contribution in [0.25, 0.3) is 5.78 Å². The highest BCUT2D eigenvalue weighted by Gasteiger charge is 2.16. The zero-order valence-electron chi connectivity index (χ0n) is 15.5. The number of H-pyrrole nitrogens is 1. The van der Waals surface area contributed by atoms with Gasteiger partial charge in [0, 0.05) is 18.1 Å². The van der Waals surface area contributed by atoms with Gasteiger partial charge in [-0.25, -0.2) is 0 Å². The van der Waals surface area contributed by atoms with Gasteiger partial charge in [-0.05, 0) is 29.5 Å². The molecule has 7 nitrogen and oxygen atoms in total. The van der Waals surface area contributed by atoms with Gasteiger partial charge in [-0.1, -0.05) is 39.8 Å². The fraction of sp³-hybridized carbons (Fsp3) is 0.368. The van der Waals surface area contributed by atoms with Crippen molar-refractivity contribution in [3.05, 3.63) is 57.6 Å². The van der Waals surface area contributed by atoms with Crippen LogP contribution in [0, 0.1) is 0 Å². The maximum Gasteiger partial charge on any atom is 0.256 e. The molecule has 0 aliphatic rings. The number of carbonyl (C=O) groups is 1. The number of nitrogens with one attached hydrogen (secondary N) is 2. The van der Waals surface area contributed by atoms with Crippen LogP contribution in [-0.2, 0) is 11.8 Å². The van der Waals surface area contributed by atoms with Crippen molar-refractivity contribution in [3.8, 4) is 0 Å². The van der Waals surface area contributed by atoms with E-state index in [1.165, 1.54) is 10.6 Å². The molecule has 0 aliphatic heterocycles. The Morgan fingerprint density at radius 3 is 2.54 bits per heavy atom. The van der Waals surface area contributed by atoms with Crippen molar-refractivity contribution in [1.29, 1.82) is 0 Å². The highest BCUT2D eigenvalue weighted by atomic mass is 16.2. The zero-order valence-corrected chi connectivity index (χ0v) is 15.5. The quantitative estimate of drug-likeness (QED) is 0.754. The Morgan fingerprint density at radius 2 is 1.92 bits per heavy atom. The third kappa shape index (κ3) is 3.66. The summed E-state index contributed by atoms with van der Waals surface area (Å²) in [5.74, 6) is 0.937. The Morgan fingerprint density at radius 1 is 1.23 bits per heavy atom. The molecule has 0 spiro atoms. The van der Waals surface area contributed by atoms with Gasteiger partial charge in [0.25, 0.3) is 11.5 Å². The lowest BCUT2D eigenvalue weighted by Gasteiger charge is -2.19. The molecule has 0 atom stereocenters. The lowest BCUT2D eigenvalue weighted by atomic mass is 9.87. The molecular formula is C19H23N5O2. The molecule has 3 aromatic rings. The van der Waals surface area contributed by atoms with Crippen molar-refractivity contribution in [2.24, 2.45) is 0 Å². The van der Waals surface area contributed by atoms with Gasteiger partial charge in [-0.15, -0.1) is 5.10 Å². The molecule has 2 heterocycles. The van der Waals surface area contributed by atoms with Gasteiger partial charge < -0.3 is 5.32 Å².